The smallest absolute Gasteiger partial charge is 0.261 e. The van der Waals surface area contributed by atoms with Crippen molar-refractivity contribution in [3.63, 3.8) is 0 Å². The molecule has 2 aromatic heterocycles. The van der Waals surface area contributed by atoms with Crippen LogP contribution in [0.5, 0.6) is 0 Å². The van der Waals surface area contributed by atoms with Crippen LogP contribution in [0.2, 0.25) is 0 Å². The van der Waals surface area contributed by atoms with Crippen molar-refractivity contribution in [2.45, 2.75) is 13.0 Å². The van der Waals surface area contributed by atoms with Gasteiger partial charge in [0.05, 0.1) is 17.2 Å². The van der Waals surface area contributed by atoms with Crippen LogP contribution in [0, 0.1) is 5.82 Å². The quantitative estimate of drug-likeness (QED) is 0.494. The molecule has 1 N–H and O–H groups in total. The molecule has 4 aromatic rings. The van der Waals surface area contributed by atoms with E-state index in [1.807, 2.05) is 42.6 Å². The first-order valence-electron chi connectivity index (χ1n) is 9.23. The fourth-order valence-electron chi connectivity index (χ4n) is 3.27. The van der Waals surface area contributed by atoms with Crippen LogP contribution in [-0.4, -0.2) is 29.3 Å². The third-order valence-electron chi connectivity index (χ3n) is 4.66. The molecule has 7 heteroatoms. The van der Waals surface area contributed by atoms with Crippen molar-refractivity contribution >= 4 is 27.3 Å². The van der Waals surface area contributed by atoms with Crippen LogP contribution in [0.1, 0.15) is 20.8 Å². The second-order valence-corrected chi connectivity index (χ2v) is 7.63. The number of thiophene rings is 1. The molecule has 0 atom stereocenters. The highest BCUT2D eigenvalue weighted by atomic mass is 32.1. The first-order chi connectivity index (χ1) is 14.2. The number of hydrogen-bond donors (Lipinski definition) is 1. The number of carbonyl (C=O) groups excluding carboxylic acids is 1. The fraction of sp³-hybridized carbons (Fsp3) is 0.182. The molecule has 0 aliphatic rings. The van der Waals surface area contributed by atoms with Crippen LogP contribution >= 0.6 is 11.3 Å². The molecular formula is C22H20FN3O2S. The average Bonchev–Trinajstić information content (AvgIpc) is 3.38. The molecule has 0 aliphatic carbocycles. The number of ether oxygens (including phenoxy) is 1. The zero-order valence-electron chi connectivity index (χ0n) is 15.9. The maximum atomic E-state index is 14.3. The number of halogens is 1. The highest BCUT2D eigenvalue weighted by Crippen LogP contribution is 2.33. The van der Waals surface area contributed by atoms with E-state index in [1.54, 1.807) is 24.1 Å². The third kappa shape index (κ3) is 4.06. The van der Waals surface area contributed by atoms with Gasteiger partial charge in [0.1, 0.15) is 5.82 Å². The van der Waals surface area contributed by atoms with Crippen LogP contribution < -0.4 is 5.32 Å². The van der Waals surface area contributed by atoms with E-state index in [2.05, 4.69) is 10.4 Å². The molecule has 29 heavy (non-hydrogen) atoms. The molecule has 0 aliphatic heterocycles. The number of rotatable bonds is 7. The second-order valence-electron chi connectivity index (χ2n) is 6.58. The lowest BCUT2D eigenvalue weighted by Crippen LogP contribution is -2.25. The average molecular weight is 409 g/mol. The first kappa shape index (κ1) is 19.3. The Balaban J connectivity index is 1.43. The Morgan fingerprint density at radius 1 is 1.21 bits per heavy atom. The molecule has 0 saturated carbocycles. The highest BCUT2D eigenvalue weighted by Gasteiger charge is 2.20. The molecule has 4 rings (SSSR count). The van der Waals surface area contributed by atoms with Crippen molar-refractivity contribution in [3.05, 3.63) is 82.7 Å². The number of carbonyl (C=O) groups is 1. The van der Waals surface area contributed by atoms with Gasteiger partial charge < -0.3 is 10.1 Å². The summed E-state index contributed by atoms with van der Waals surface area (Å²) in [6.45, 7) is 0.682. The summed E-state index contributed by atoms with van der Waals surface area (Å²) in [7, 11) is 1.54. The molecule has 2 heterocycles. The minimum absolute atomic E-state index is 0.193. The van der Waals surface area contributed by atoms with E-state index < -0.39 is 0 Å². The normalized spacial score (nSPS) is 11.1. The van der Waals surface area contributed by atoms with Gasteiger partial charge in [0, 0.05) is 41.7 Å². The topological polar surface area (TPSA) is 56.1 Å². The van der Waals surface area contributed by atoms with Gasteiger partial charge in [-0.25, -0.2) is 9.07 Å². The van der Waals surface area contributed by atoms with Gasteiger partial charge in [0.25, 0.3) is 5.91 Å². The lowest BCUT2D eigenvalue weighted by Gasteiger charge is -2.07. The number of hydrogen-bond acceptors (Lipinski definition) is 4. The minimum Gasteiger partial charge on any atom is -0.380 e. The Hall–Kier alpha value is -3.03. The summed E-state index contributed by atoms with van der Waals surface area (Å²) in [5, 5.41) is 7.62. The van der Waals surface area contributed by atoms with E-state index in [-0.39, 0.29) is 18.3 Å². The van der Waals surface area contributed by atoms with E-state index in [1.165, 1.54) is 17.4 Å². The van der Waals surface area contributed by atoms with Crippen molar-refractivity contribution in [1.82, 2.24) is 15.1 Å². The molecule has 0 spiro atoms. The molecule has 0 radical (unpaired) electrons. The van der Waals surface area contributed by atoms with Gasteiger partial charge in [-0.2, -0.15) is 5.10 Å². The molecule has 1 amide bonds. The second kappa shape index (κ2) is 8.55. The van der Waals surface area contributed by atoms with E-state index in [4.69, 9.17) is 4.74 Å². The number of benzene rings is 2. The lowest BCUT2D eigenvalue weighted by molar-refractivity contribution is 0.0954. The van der Waals surface area contributed by atoms with Crippen LogP contribution in [-0.2, 0) is 17.8 Å². The monoisotopic (exact) mass is 409 g/mol. The summed E-state index contributed by atoms with van der Waals surface area (Å²) in [5.41, 5.74) is 2.70. The number of nitrogens with one attached hydrogen (secondary N) is 1. The Morgan fingerprint density at radius 2 is 2.03 bits per heavy atom. The molecular weight excluding hydrogens is 389 g/mol. The Morgan fingerprint density at radius 3 is 2.76 bits per heavy atom. The number of methoxy groups -OCH3 is 1. The molecule has 0 unspecified atom stereocenters. The molecule has 2 aromatic carbocycles. The van der Waals surface area contributed by atoms with Crippen LogP contribution in [0.4, 0.5) is 4.39 Å². The van der Waals surface area contributed by atoms with E-state index in [0.29, 0.717) is 28.8 Å². The van der Waals surface area contributed by atoms with Crippen LogP contribution in [0.3, 0.4) is 0 Å². The van der Waals surface area contributed by atoms with Crippen molar-refractivity contribution in [3.8, 4) is 5.69 Å². The van der Waals surface area contributed by atoms with Gasteiger partial charge in [-0.3, -0.25) is 4.79 Å². The van der Waals surface area contributed by atoms with E-state index >= 15 is 0 Å². The van der Waals surface area contributed by atoms with Gasteiger partial charge >= 0.3 is 0 Å². The summed E-state index contributed by atoms with van der Waals surface area (Å²) in [6.07, 6.45) is 4.33. The summed E-state index contributed by atoms with van der Waals surface area (Å²) in [4.78, 5) is 13.2. The summed E-state index contributed by atoms with van der Waals surface area (Å²) < 4.78 is 22.0. The number of fused-ring (bicyclic) bond motifs is 1. The van der Waals surface area contributed by atoms with Crippen LogP contribution in [0.25, 0.3) is 15.8 Å². The van der Waals surface area contributed by atoms with E-state index in [9.17, 15) is 9.18 Å². The Kier molecular flexibility index (Phi) is 5.69. The standard InChI is InChI=1S/C22H20FN3O2S/c1-28-14-17-20-18(23)4-2-5-19(20)29-21(17)22(27)24-12-10-15-6-8-16(9-7-15)26-13-3-11-25-26/h2-9,11,13H,10,12,14H2,1H3,(H,24,27). The maximum absolute atomic E-state index is 14.3. The van der Waals surface area contributed by atoms with Crippen molar-refractivity contribution in [2.24, 2.45) is 0 Å². The number of amides is 1. The number of aromatic nitrogens is 2. The highest BCUT2D eigenvalue weighted by molar-refractivity contribution is 7.21. The maximum Gasteiger partial charge on any atom is 0.261 e. The van der Waals surface area contributed by atoms with Gasteiger partial charge in [-0.15, -0.1) is 11.3 Å². The Labute approximate surface area is 171 Å². The minimum atomic E-state index is -0.331. The van der Waals surface area contributed by atoms with Gasteiger partial charge in [-0.1, -0.05) is 18.2 Å². The zero-order valence-corrected chi connectivity index (χ0v) is 16.7. The van der Waals surface area contributed by atoms with Gasteiger partial charge in [0.15, 0.2) is 0 Å². The molecule has 0 saturated heterocycles. The van der Waals surface area contributed by atoms with Crippen molar-refractivity contribution in [2.75, 3.05) is 13.7 Å². The fourth-order valence-corrected chi connectivity index (χ4v) is 4.41. The third-order valence-corrected chi connectivity index (χ3v) is 5.86. The van der Waals surface area contributed by atoms with Crippen LogP contribution in [0.15, 0.2) is 60.9 Å². The Bertz CT molecular complexity index is 1120. The molecule has 5 nitrogen and oxygen atoms in total. The molecule has 148 valence electrons. The largest absolute Gasteiger partial charge is 0.380 e. The SMILES string of the molecule is COCc1c(C(=O)NCCc2ccc(-n3cccn3)cc2)sc2cccc(F)c12. The summed E-state index contributed by atoms with van der Waals surface area (Å²) in [5.74, 6) is -0.534. The lowest BCUT2D eigenvalue weighted by atomic mass is 10.1. The first-order valence-corrected chi connectivity index (χ1v) is 10.0. The summed E-state index contributed by atoms with van der Waals surface area (Å²) in [6, 6.07) is 14.8. The van der Waals surface area contributed by atoms with Gasteiger partial charge in [0.2, 0.25) is 0 Å². The zero-order chi connectivity index (χ0) is 20.2. The van der Waals surface area contributed by atoms with Crippen molar-refractivity contribution in [1.29, 1.82) is 0 Å². The van der Waals surface area contributed by atoms with Crippen molar-refractivity contribution < 1.29 is 13.9 Å². The predicted octanol–water partition coefficient (Wildman–Crippen LogP) is 4.35. The predicted molar refractivity (Wildman–Crippen MR) is 112 cm³/mol. The molecule has 0 fully saturated rings. The summed E-state index contributed by atoms with van der Waals surface area (Å²) >= 11 is 1.29. The molecule has 0 bridgehead atoms. The van der Waals surface area contributed by atoms with Gasteiger partial charge in [-0.05, 0) is 42.3 Å². The number of nitrogens with zero attached hydrogens (tertiary/aromatic N) is 2. The van der Waals surface area contributed by atoms with E-state index in [0.717, 1.165) is 16.0 Å².